The Bertz CT molecular complexity index is 705. The molecule has 0 unspecified atom stereocenters. The van der Waals surface area contributed by atoms with Gasteiger partial charge in [-0.3, -0.25) is 10.1 Å². The standard InChI is InChI=1S/C16H19N3O2S/c1-4-12-10(3)22-15(13(12)14(17)20)19-16(21)18-11-7-5-9(2)6-8-11/h5-8H,4H2,1-3H3,(H2,17,20)(H2,18,19,21). The minimum atomic E-state index is -0.521. The summed E-state index contributed by atoms with van der Waals surface area (Å²) in [5, 5.41) is 5.95. The van der Waals surface area contributed by atoms with E-state index in [-0.39, 0.29) is 0 Å². The molecule has 3 amide bonds. The van der Waals surface area contributed by atoms with Crippen LogP contribution in [0.2, 0.25) is 0 Å². The Balaban J connectivity index is 2.18. The fraction of sp³-hybridized carbons (Fsp3) is 0.250. The number of hydrogen-bond donors (Lipinski definition) is 3. The van der Waals surface area contributed by atoms with Crippen molar-refractivity contribution in [1.82, 2.24) is 0 Å². The number of aryl methyl sites for hydroxylation is 2. The van der Waals surface area contributed by atoms with Gasteiger partial charge < -0.3 is 11.1 Å². The van der Waals surface area contributed by atoms with Crippen molar-refractivity contribution in [3.05, 3.63) is 45.8 Å². The van der Waals surface area contributed by atoms with E-state index in [0.717, 1.165) is 16.0 Å². The molecule has 116 valence electrons. The first-order valence-electron chi connectivity index (χ1n) is 6.99. The molecule has 0 saturated heterocycles. The van der Waals surface area contributed by atoms with Crippen molar-refractivity contribution >= 4 is 34.0 Å². The molecular weight excluding hydrogens is 298 g/mol. The van der Waals surface area contributed by atoms with Crippen molar-refractivity contribution in [2.45, 2.75) is 27.2 Å². The minimum Gasteiger partial charge on any atom is -0.365 e. The first-order valence-corrected chi connectivity index (χ1v) is 7.80. The maximum Gasteiger partial charge on any atom is 0.324 e. The molecule has 0 aliphatic carbocycles. The summed E-state index contributed by atoms with van der Waals surface area (Å²) < 4.78 is 0. The van der Waals surface area contributed by atoms with E-state index in [1.165, 1.54) is 11.3 Å². The fourth-order valence-corrected chi connectivity index (χ4v) is 3.40. The topological polar surface area (TPSA) is 84.2 Å². The molecule has 1 aromatic carbocycles. The molecule has 0 bridgehead atoms. The molecule has 0 atom stereocenters. The first-order chi connectivity index (χ1) is 10.4. The SMILES string of the molecule is CCc1c(C)sc(NC(=O)Nc2ccc(C)cc2)c1C(N)=O. The van der Waals surface area contributed by atoms with Gasteiger partial charge in [0, 0.05) is 10.6 Å². The zero-order valence-electron chi connectivity index (χ0n) is 12.8. The Morgan fingerprint density at radius 1 is 1.14 bits per heavy atom. The lowest BCUT2D eigenvalue weighted by molar-refractivity contribution is 0.100. The highest BCUT2D eigenvalue weighted by molar-refractivity contribution is 7.16. The summed E-state index contributed by atoms with van der Waals surface area (Å²) in [6, 6.07) is 7.07. The van der Waals surface area contributed by atoms with Crippen LogP contribution in [0.3, 0.4) is 0 Å². The zero-order valence-corrected chi connectivity index (χ0v) is 13.6. The molecule has 1 heterocycles. The van der Waals surface area contributed by atoms with Crippen LogP contribution in [0.25, 0.3) is 0 Å². The first kappa shape index (κ1) is 16.0. The Kier molecular flexibility index (Phi) is 4.82. The van der Waals surface area contributed by atoms with Crippen LogP contribution in [0.1, 0.15) is 33.3 Å². The van der Waals surface area contributed by atoms with Crippen LogP contribution < -0.4 is 16.4 Å². The molecule has 1 aromatic heterocycles. The molecule has 4 N–H and O–H groups in total. The van der Waals surface area contributed by atoms with E-state index in [0.29, 0.717) is 22.7 Å². The third kappa shape index (κ3) is 3.46. The lowest BCUT2D eigenvalue weighted by Gasteiger charge is -2.08. The third-order valence-electron chi connectivity index (χ3n) is 3.35. The van der Waals surface area contributed by atoms with E-state index in [2.05, 4.69) is 10.6 Å². The Hall–Kier alpha value is -2.34. The van der Waals surface area contributed by atoms with Gasteiger partial charge in [-0.2, -0.15) is 0 Å². The monoisotopic (exact) mass is 317 g/mol. The fourth-order valence-electron chi connectivity index (χ4n) is 2.26. The second-order valence-electron chi connectivity index (χ2n) is 5.00. The summed E-state index contributed by atoms with van der Waals surface area (Å²) in [7, 11) is 0. The van der Waals surface area contributed by atoms with E-state index in [1.807, 2.05) is 45.0 Å². The number of rotatable bonds is 4. The smallest absolute Gasteiger partial charge is 0.324 e. The van der Waals surface area contributed by atoms with Crippen molar-refractivity contribution in [2.75, 3.05) is 10.6 Å². The molecule has 6 heteroatoms. The molecule has 22 heavy (non-hydrogen) atoms. The van der Waals surface area contributed by atoms with Crippen LogP contribution in [0.5, 0.6) is 0 Å². The summed E-state index contributed by atoms with van der Waals surface area (Å²) in [4.78, 5) is 24.7. The Morgan fingerprint density at radius 2 is 1.77 bits per heavy atom. The highest BCUT2D eigenvalue weighted by atomic mass is 32.1. The number of hydrogen-bond acceptors (Lipinski definition) is 3. The number of nitrogens with one attached hydrogen (secondary N) is 2. The number of nitrogens with two attached hydrogens (primary N) is 1. The van der Waals surface area contributed by atoms with E-state index in [4.69, 9.17) is 5.73 Å². The lowest BCUT2D eigenvalue weighted by Crippen LogP contribution is -2.21. The number of amides is 3. The Morgan fingerprint density at radius 3 is 2.32 bits per heavy atom. The van der Waals surface area contributed by atoms with Crippen molar-refractivity contribution in [3.63, 3.8) is 0 Å². The van der Waals surface area contributed by atoms with Gasteiger partial charge in [0.2, 0.25) is 0 Å². The van der Waals surface area contributed by atoms with Crippen LogP contribution in [0, 0.1) is 13.8 Å². The van der Waals surface area contributed by atoms with Gasteiger partial charge >= 0.3 is 6.03 Å². The summed E-state index contributed by atoms with van der Waals surface area (Å²) in [5.74, 6) is -0.521. The summed E-state index contributed by atoms with van der Waals surface area (Å²) >= 11 is 1.36. The molecule has 0 fully saturated rings. The van der Waals surface area contributed by atoms with E-state index < -0.39 is 11.9 Å². The van der Waals surface area contributed by atoms with Crippen LogP contribution in [-0.2, 0) is 6.42 Å². The van der Waals surface area contributed by atoms with Gasteiger partial charge in [-0.1, -0.05) is 24.6 Å². The number of anilines is 2. The predicted octanol–water partition coefficient (Wildman–Crippen LogP) is 3.67. The minimum absolute atomic E-state index is 0.393. The van der Waals surface area contributed by atoms with Gasteiger partial charge in [0.1, 0.15) is 5.00 Å². The quantitative estimate of drug-likeness (QED) is 0.804. The highest BCUT2D eigenvalue weighted by Crippen LogP contribution is 2.33. The van der Waals surface area contributed by atoms with Crippen LogP contribution in [-0.4, -0.2) is 11.9 Å². The second kappa shape index (κ2) is 6.62. The highest BCUT2D eigenvalue weighted by Gasteiger charge is 2.20. The van der Waals surface area contributed by atoms with Gasteiger partial charge in [-0.15, -0.1) is 11.3 Å². The average Bonchev–Trinajstić information content (AvgIpc) is 2.76. The molecule has 0 aliphatic heterocycles. The molecule has 0 radical (unpaired) electrons. The van der Waals surface area contributed by atoms with Crippen molar-refractivity contribution < 1.29 is 9.59 Å². The molecule has 2 rings (SSSR count). The van der Waals surface area contributed by atoms with Crippen LogP contribution >= 0.6 is 11.3 Å². The summed E-state index contributed by atoms with van der Waals surface area (Å²) in [6.45, 7) is 5.85. The van der Waals surface area contributed by atoms with Crippen molar-refractivity contribution in [1.29, 1.82) is 0 Å². The van der Waals surface area contributed by atoms with E-state index in [1.54, 1.807) is 0 Å². The van der Waals surface area contributed by atoms with Gasteiger partial charge in [0.15, 0.2) is 0 Å². The van der Waals surface area contributed by atoms with Crippen LogP contribution in [0.15, 0.2) is 24.3 Å². The van der Waals surface area contributed by atoms with E-state index >= 15 is 0 Å². The molecule has 0 aliphatic rings. The number of thiophene rings is 1. The maximum atomic E-state index is 12.1. The normalized spacial score (nSPS) is 10.3. The number of urea groups is 1. The molecule has 2 aromatic rings. The number of carbonyl (C=O) groups excluding carboxylic acids is 2. The van der Waals surface area contributed by atoms with E-state index in [9.17, 15) is 9.59 Å². The maximum absolute atomic E-state index is 12.1. The summed E-state index contributed by atoms with van der Waals surface area (Å²) in [6.07, 6.45) is 0.696. The average molecular weight is 317 g/mol. The van der Waals surface area contributed by atoms with Gasteiger partial charge in [0.05, 0.1) is 5.56 Å². The predicted molar refractivity (Wildman–Crippen MR) is 90.8 cm³/mol. The zero-order chi connectivity index (χ0) is 16.3. The molecule has 0 spiro atoms. The van der Waals surface area contributed by atoms with Crippen LogP contribution in [0.4, 0.5) is 15.5 Å². The molecule has 0 saturated carbocycles. The second-order valence-corrected chi connectivity index (χ2v) is 6.23. The van der Waals surface area contributed by atoms with Crippen molar-refractivity contribution in [2.24, 2.45) is 5.73 Å². The number of primary amides is 1. The van der Waals surface area contributed by atoms with Gasteiger partial charge in [0.25, 0.3) is 5.91 Å². The number of carbonyl (C=O) groups is 2. The lowest BCUT2D eigenvalue weighted by atomic mass is 10.1. The van der Waals surface area contributed by atoms with Gasteiger partial charge in [-0.25, -0.2) is 4.79 Å². The third-order valence-corrected chi connectivity index (χ3v) is 4.41. The number of benzene rings is 1. The van der Waals surface area contributed by atoms with Crippen molar-refractivity contribution in [3.8, 4) is 0 Å². The Labute approximate surface area is 133 Å². The molecule has 5 nitrogen and oxygen atoms in total. The molecular formula is C16H19N3O2S. The largest absolute Gasteiger partial charge is 0.365 e. The van der Waals surface area contributed by atoms with Gasteiger partial charge in [-0.05, 0) is 38.0 Å². The summed E-state index contributed by atoms with van der Waals surface area (Å²) in [5.41, 5.74) is 8.55.